The van der Waals surface area contributed by atoms with Gasteiger partial charge in [0.15, 0.2) is 0 Å². The third-order valence-corrected chi connectivity index (χ3v) is 4.00. The van der Waals surface area contributed by atoms with E-state index in [1.807, 2.05) is 0 Å². The molecule has 2 rings (SSSR count). The van der Waals surface area contributed by atoms with E-state index in [9.17, 15) is 8.42 Å². The van der Waals surface area contributed by atoms with Crippen molar-refractivity contribution in [3.63, 3.8) is 0 Å². The molecule has 0 radical (unpaired) electrons. The van der Waals surface area contributed by atoms with Crippen molar-refractivity contribution in [3.05, 3.63) is 11.8 Å². The molecule has 1 aromatic rings. The number of nitrogens with zero attached hydrogens (tertiary/aromatic N) is 3. The van der Waals surface area contributed by atoms with Gasteiger partial charge in [-0.3, -0.25) is 0 Å². The molecule has 0 bridgehead atoms. The zero-order chi connectivity index (χ0) is 11.8. The van der Waals surface area contributed by atoms with Crippen molar-refractivity contribution in [3.8, 4) is 0 Å². The molecule has 2 heterocycles. The number of piperidine rings is 1. The fraction of sp³-hybridized carbons (Fsp3) is 0.778. The lowest BCUT2D eigenvalue weighted by atomic mass is 10.1. The standard InChI is InChI=1S/C9H15N3O3S/c1-7-10-11-9(15-7)8-5-3-4-6-12(8)16(2,13)14/h8H,3-6H2,1-2H3/t8-/m1/s1. The first-order valence-electron chi connectivity index (χ1n) is 5.25. The molecule has 0 spiro atoms. The first-order valence-corrected chi connectivity index (χ1v) is 7.10. The summed E-state index contributed by atoms with van der Waals surface area (Å²) >= 11 is 0. The van der Waals surface area contributed by atoms with Crippen molar-refractivity contribution in [2.75, 3.05) is 12.8 Å². The largest absolute Gasteiger partial charge is 0.424 e. The van der Waals surface area contributed by atoms with Crippen LogP contribution in [0.2, 0.25) is 0 Å². The summed E-state index contributed by atoms with van der Waals surface area (Å²) < 4.78 is 30.0. The molecule has 0 unspecified atom stereocenters. The van der Waals surface area contributed by atoms with Crippen molar-refractivity contribution >= 4 is 10.0 Å². The van der Waals surface area contributed by atoms with Crippen LogP contribution in [0.3, 0.4) is 0 Å². The molecule has 0 amide bonds. The van der Waals surface area contributed by atoms with Gasteiger partial charge in [-0.1, -0.05) is 6.42 Å². The molecule has 0 aliphatic carbocycles. The average molecular weight is 245 g/mol. The molecule has 7 heteroatoms. The molecule has 0 N–H and O–H groups in total. The van der Waals surface area contributed by atoms with E-state index in [4.69, 9.17) is 4.42 Å². The van der Waals surface area contributed by atoms with Gasteiger partial charge in [-0.15, -0.1) is 10.2 Å². The van der Waals surface area contributed by atoms with E-state index in [-0.39, 0.29) is 6.04 Å². The maximum atomic E-state index is 11.6. The van der Waals surface area contributed by atoms with Crippen LogP contribution < -0.4 is 0 Å². The van der Waals surface area contributed by atoms with Crippen molar-refractivity contribution in [2.24, 2.45) is 0 Å². The van der Waals surface area contributed by atoms with Crippen LogP contribution in [-0.2, 0) is 10.0 Å². The molecular formula is C9H15N3O3S. The van der Waals surface area contributed by atoms with E-state index >= 15 is 0 Å². The van der Waals surface area contributed by atoms with Gasteiger partial charge in [0.05, 0.1) is 6.26 Å². The van der Waals surface area contributed by atoms with Crippen molar-refractivity contribution in [1.29, 1.82) is 0 Å². The molecule has 1 aliphatic heterocycles. The summed E-state index contributed by atoms with van der Waals surface area (Å²) in [4.78, 5) is 0. The Kier molecular flexibility index (Phi) is 2.98. The van der Waals surface area contributed by atoms with Gasteiger partial charge in [0.1, 0.15) is 6.04 Å². The number of aromatic nitrogens is 2. The number of sulfonamides is 1. The topological polar surface area (TPSA) is 76.3 Å². The minimum Gasteiger partial charge on any atom is -0.424 e. The molecule has 1 aromatic heterocycles. The third-order valence-electron chi connectivity index (χ3n) is 2.71. The van der Waals surface area contributed by atoms with E-state index in [2.05, 4.69) is 10.2 Å². The zero-order valence-electron chi connectivity index (χ0n) is 9.38. The summed E-state index contributed by atoms with van der Waals surface area (Å²) in [7, 11) is -3.21. The molecule has 0 saturated carbocycles. The highest BCUT2D eigenvalue weighted by Crippen LogP contribution is 2.31. The molecular weight excluding hydrogens is 230 g/mol. The molecule has 90 valence electrons. The van der Waals surface area contributed by atoms with Crippen LogP contribution in [0.1, 0.15) is 37.1 Å². The summed E-state index contributed by atoms with van der Waals surface area (Å²) in [6, 6.07) is -0.287. The van der Waals surface area contributed by atoms with Crippen molar-refractivity contribution in [2.45, 2.75) is 32.2 Å². The Hall–Kier alpha value is -0.950. The summed E-state index contributed by atoms with van der Waals surface area (Å²) in [6.07, 6.45) is 3.83. The van der Waals surface area contributed by atoms with Crippen LogP contribution in [0.15, 0.2) is 4.42 Å². The van der Waals surface area contributed by atoms with Gasteiger partial charge in [0.2, 0.25) is 21.8 Å². The van der Waals surface area contributed by atoms with E-state index in [0.29, 0.717) is 18.3 Å². The second-order valence-corrected chi connectivity index (χ2v) is 5.98. The van der Waals surface area contributed by atoms with Gasteiger partial charge in [-0.25, -0.2) is 8.42 Å². The van der Waals surface area contributed by atoms with Crippen LogP contribution in [0.4, 0.5) is 0 Å². The number of aryl methyl sites for hydroxylation is 1. The minimum atomic E-state index is -3.21. The molecule has 1 fully saturated rings. The molecule has 1 saturated heterocycles. The Morgan fingerprint density at radius 1 is 1.38 bits per heavy atom. The highest BCUT2D eigenvalue weighted by molar-refractivity contribution is 7.88. The number of rotatable bonds is 2. The number of hydrogen-bond donors (Lipinski definition) is 0. The highest BCUT2D eigenvalue weighted by Gasteiger charge is 2.33. The van der Waals surface area contributed by atoms with Gasteiger partial charge in [0.25, 0.3) is 0 Å². The summed E-state index contributed by atoms with van der Waals surface area (Å²) in [5.74, 6) is 0.872. The first kappa shape index (κ1) is 11.5. The Morgan fingerprint density at radius 3 is 2.69 bits per heavy atom. The van der Waals surface area contributed by atoms with E-state index in [1.54, 1.807) is 6.92 Å². The smallest absolute Gasteiger partial charge is 0.234 e. The maximum absolute atomic E-state index is 11.6. The Bertz CT molecular complexity index is 468. The van der Waals surface area contributed by atoms with Crippen LogP contribution >= 0.6 is 0 Å². The van der Waals surface area contributed by atoms with Gasteiger partial charge < -0.3 is 4.42 Å². The predicted octanol–water partition coefficient (Wildman–Crippen LogP) is 0.865. The summed E-state index contributed by atoms with van der Waals surface area (Å²) in [6.45, 7) is 2.23. The van der Waals surface area contributed by atoms with Crippen LogP contribution in [0.5, 0.6) is 0 Å². The minimum absolute atomic E-state index is 0.287. The predicted molar refractivity (Wildman–Crippen MR) is 57.2 cm³/mol. The Morgan fingerprint density at radius 2 is 2.12 bits per heavy atom. The van der Waals surface area contributed by atoms with Gasteiger partial charge in [0, 0.05) is 13.5 Å². The second-order valence-electron chi connectivity index (χ2n) is 4.04. The molecule has 1 aliphatic rings. The monoisotopic (exact) mass is 245 g/mol. The van der Waals surface area contributed by atoms with Crippen LogP contribution in [-0.4, -0.2) is 35.7 Å². The third kappa shape index (κ3) is 2.25. The van der Waals surface area contributed by atoms with Gasteiger partial charge in [-0.05, 0) is 12.8 Å². The lowest BCUT2D eigenvalue weighted by Gasteiger charge is -2.31. The second kappa shape index (κ2) is 4.14. The Balaban J connectivity index is 2.30. The fourth-order valence-electron chi connectivity index (χ4n) is 2.00. The average Bonchev–Trinajstić information content (AvgIpc) is 2.64. The van der Waals surface area contributed by atoms with Crippen LogP contribution in [0, 0.1) is 6.92 Å². The van der Waals surface area contributed by atoms with Crippen LogP contribution in [0.25, 0.3) is 0 Å². The van der Waals surface area contributed by atoms with Crippen molar-refractivity contribution in [1.82, 2.24) is 14.5 Å². The quantitative estimate of drug-likeness (QED) is 0.772. The normalized spacial score (nSPS) is 23.5. The van der Waals surface area contributed by atoms with Crippen molar-refractivity contribution < 1.29 is 12.8 Å². The first-order chi connectivity index (χ1) is 7.48. The Labute approximate surface area is 94.7 Å². The molecule has 16 heavy (non-hydrogen) atoms. The molecule has 0 aromatic carbocycles. The van der Waals surface area contributed by atoms with Gasteiger partial charge in [-0.2, -0.15) is 4.31 Å². The van der Waals surface area contributed by atoms with Gasteiger partial charge >= 0.3 is 0 Å². The molecule has 6 nitrogen and oxygen atoms in total. The lowest BCUT2D eigenvalue weighted by Crippen LogP contribution is -2.37. The molecule has 1 atom stereocenters. The lowest BCUT2D eigenvalue weighted by molar-refractivity contribution is 0.218. The maximum Gasteiger partial charge on any atom is 0.234 e. The summed E-state index contributed by atoms with van der Waals surface area (Å²) in [5.41, 5.74) is 0. The number of hydrogen-bond acceptors (Lipinski definition) is 5. The van der Waals surface area contributed by atoms with E-state index in [1.165, 1.54) is 10.6 Å². The SMILES string of the molecule is Cc1nnc([C@H]2CCCCN2S(C)(=O)=O)o1. The zero-order valence-corrected chi connectivity index (χ0v) is 10.2. The highest BCUT2D eigenvalue weighted by atomic mass is 32.2. The summed E-state index contributed by atoms with van der Waals surface area (Å²) in [5, 5.41) is 7.65. The van der Waals surface area contributed by atoms with E-state index in [0.717, 1.165) is 19.3 Å². The van der Waals surface area contributed by atoms with E-state index < -0.39 is 10.0 Å². The fourth-order valence-corrected chi connectivity index (χ4v) is 3.11.